The molecule has 1 aliphatic rings. The number of H-pyrrole nitrogens is 1. The summed E-state index contributed by atoms with van der Waals surface area (Å²) in [5, 5.41) is 8.03. The van der Waals surface area contributed by atoms with E-state index in [1.165, 1.54) is 16.7 Å². The number of rotatable bonds is 2. The first-order chi connectivity index (χ1) is 14.1. The van der Waals surface area contributed by atoms with Crippen LogP contribution < -0.4 is 0 Å². The van der Waals surface area contributed by atoms with Gasteiger partial charge in [-0.2, -0.15) is 5.10 Å². The Balaban J connectivity index is 1.59. The van der Waals surface area contributed by atoms with Crippen LogP contribution in [0.4, 0.5) is 0 Å². The zero-order chi connectivity index (χ0) is 20.0. The Kier molecular flexibility index (Phi) is 4.16. The zero-order valence-electron chi connectivity index (χ0n) is 16.5. The number of hydrogen-bond acceptors (Lipinski definition) is 3. The Morgan fingerprint density at radius 2 is 1.83 bits per heavy atom. The molecule has 0 fully saturated rings. The van der Waals surface area contributed by atoms with Crippen molar-refractivity contribution < 1.29 is 4.79 Å². The second kappa shape index (κ2) is 6.85. The van der Waals surface area contributed by atoms with Crippen LogP contribution in [-0.2, 0) is 6.54 Å². The van der Waals surface area contributed by atoms with Gasteiger partial charge >= 0.3 is 0 Å². The van der Waals surface area contributed by atoms with Crippen LogP contribution in [0.15, 0.2) is 60.7 Å². The normalized spacial score (nSPS) is 16.1. The molecule has 5 heteroatoms. The highest BCUT2D eigenvalue weighted by molar-refractivity contribution is 6.06. The monoisotopic (exact) mass is 382 g/mol. The molecule has 0 aliphatic carbocycles. The van der Waals surface area contributed by atoms with Crippen LogP contribution in [0.25, 0.3) is 11.0 Å². The number of carbonyl (C=O) groups excluding carboxylic acids is 1. The van der Waals surface area contributed by atoms with Gasteiger partial charge in [0.25, 0.3) is 5.91 Å². The minimum Gasteiger partial charge on any atom is -0.333 e. The topological polar surface area (TPSA) is 61.9 Å². The maximum Gasteiger partial charge on any atom is 0.255 e. The maximum atomic E-state index is 13.7. The summed E-state index contributed by atoms with van der Waals surface area (Å²) in [6, 6.07) is 20.7. The lowest BCUT2D eigenvalue weighted by atomic mass is 9.84. The SMILES string of the molecule is Cc1cc(C(=O)N2Cc3ccccc3C(c3ccccc3)C2)c2c(C)n[nH]c2n1. The summed E-state index contributed by atoms with van der Waals surface area (Å²) in [5.74, 6) is 0.189. The first-order valence-corrected chi connectivity index (χ1v) is 9.86. The predicted molar refractivity (Wildman–Crippen MR) is 113 cm³/mol. The van der Waals surface area contributed by atoms with Gasteiger partial charge in [-0.05, 0) is 36.6 Å². The van der Waals surface area contributed by atoms with E-state index in [-0.39, 0.29) is 11.8 Å². The Labute approximate surface area is 169 Å². The van der Waals surface area contributed by atoms with Gasteiger partial charge in [0.1, 0.15) is 0 Å². The molecule has 0 saturated heterocycles. The molecule has 1 atom stereocenters. The molecular weight excluding hydrogens is 360 g/mol. The van der Waals surface area contributed by atoms with Crippen molar-refractivity contribution in [2.45, 2.75) is 26.3 Å². The quantitative estimate of drug-likeness (QED) is 0.560. The lowest BCUT2D eigenvalue weighted by Crippen LogP contribution is -2.38. The van der Waals surface area contributed by atoms with E-state index in [4.69, 9.17) is 0 Å². The third kappa shape index (κ3) is 2.99. The van der Waals surface area contributed by atoms with Crippen molar-refractivity contribution in [2.75, 3.05) is 6.54 Å². The van der Waals surface area contributed by atoms with Crippen molar-refractivity contribution in [1.82, 2.24) is 20.1 Å². The van der Waals surface area contributed by atoms with E-state index in [9.17, 15) is 4.79 Å². The van der Waals surface area contributed by atoms with Gasteiger partial charge in [-0.15, -0.1) is 0 Å². The van der Waals surface area contributed by atoms with E-state index in [1.807, 2.05) is 36.9 Å². The fourth-order valence-electron chi connectivity index (χ4n) is 4.38. The molecule has 1 unspecified atom stereocenters. The van der Waals surface area contributed by atoms with Crippen molar-refractivity contribution in [1.29, 1.82) is 0 Å². The van der Waals surface area contributed by atoms with Gasteiger partial charge in [-0.1, -0.05) is 54.6 Å². The fraction of sp³-hybridized carbons (Fsp3) is 0.208. The van der Waals surface area contributed by atoms with Crippen LogP contribution in [0.5, 0.6) is 0 Å². The van der Waals surface area contributed by atoms with Crippen LogP contribution in [0, 0.1) is 13.8 Å². The van der Waals surface area contributed by atoms with Crippen molar-refractivity contribution in [3.05, 3.63) is 94.3 Å². The molecule has 3 heterocycles. The highest BCUT2D eigenvalue weighted by Crippen LogP contribution is 2.34. The van der Waals surface area contributed by atoms with Crippen molar-refractivity contribution in [3.63, 3.8) is 0 Å². The predicted octanol–water partition coefficient (Wildman–Crippen LogP) is 4.36. The maximum absolute atomic E-state index is 13.7. The Morgan fingerprint density at radius 3 is 2.66 bits per heavy atom. The molecule has 0 saturated carbocycles. The molecule has 5 rings (SSSR count). The van der Waals surface area contributed by atoms with Gasteiger partial charge < -0.3 is 4.90 Å². The molecule has 0 bridgehead atoms. The number of amides is 1. The first kappa shape index (κ1) is 17.6. The summed E-state index contributed by atoms with van der Waals surface area (Å²) in [6.45, 7) is 5.08. The molecular formula is C24H22N4O. The number of aromatic amines is 1. The van der Waals surface area contributed by atoms with Gasteiger partial charge in [-0.25, -0.2) is 4.98 Å². The van der Waals surface area contributed by atoms with Gasteiger partial charge in [0.15, 0.2) is 5.65 Å². The van der Waals surface area contributed by atoms with Gasteiger partial charge in [-0.3, -0.25) is 9.89 Å². The van der Waals surface area contributed by atoms with Crippen LogP contribution in [0.2, 0.25) is 0 Å². The summed E-state index contributed by atoms with van der Waals surface area (Å²) < 4.78 is 0. The van der Waals surface area contributed by atoms with Crippen molar-refractivity contribution in [2.24, 2.45) is 0 Å². The minimum absolute atomic E-state index is 0.0282. The molecule has 5 nitrogen and oxygen atoms in total. The average Bonchev–Trinajstić information content (AvgIpc) is 3.13. The summed E-state index contributed by atoms with van der Waals surface area (Å²) >= 11 is 0. The highest BCUT2D eigenvalue weighted by atomic mass is 16.2. The summed E-state index contributed by atoms with van der Waals surface area (Å²) in [5.41, 5.74) is 6.68. The number of nitrogens with zero attached hydrogens (tertiary/aromatic N) is 3. The van der Waals surface area contributed by atoms with E-state index >= 15 is 0 Å². The second-order valence-electron chi connectivity index (χ2n) is 7.69. The number of nitrogens with one attached hydrogen (secondary N) is 1. The highest BCUT2D eigenvalue weighted by Gasteiger charge is 2.30. The number of benzene rings is 2. The summed E-state index contributed by atoms with van der Waals surface area (Å²) in [4.78, 5) is 20.1. The number of aromatic nitrogens is 3. The van der Waals surface area contributed by atoms with Crippen LogP contribution in [-0.4, -0.2) is 32.5 Å². The number of carbonyl (C=O) groups is 1. The van der Waals surface area contributed by atoms with Crippen molar-refractivity contribution >= 4 is 16.9 Å². The van der Waals surface area contributed by atoms with Gasteiger partial charge in [0, 0.05) is 24.7 Å². The lowest BCUT2D eigenvalue weighted by molar-refractivity contribution is 0.0727. The van der Waals surface area contributed by atoms with E-state index in [0.29, 0.717) is 24.3 Å². The lowest BCUT2D eigenvalue weighted by Gasteiger charge is -2.35. The van der Waals surface area contributed by atoms with E-state index in [1.54, 1.807) is 0 Å². The molecule has 2 aromatic carbocycles. The number of fused-ring (bicyclic) bond motifs is 2. The molecule has 0 spiro atoms. The van der Waals surface area contributed by atoms with Crippen molar-refractivity contribution in [3.8, 4) is 0 Å². The van der Waals surface area contributed by atoms with Gasteiger partial charge in [0.05, 0.1) is 16.6 Å². The molecule has 1 aliphatic heterocycles. The number of pyridine rings is 1. The zero-order valence-corrected chi connectivity index (χ0v) is 16.5. The Morgan fingerprint density at radius 1 is 1.07 bits per heavy atom. The fourth-order valence-corrected chi connectivity index (χ4v) is 4.38. The Bertz CT molecular complexity index is 1210. The van der Waals surface area contributed by atoms with E-state index in [2.05, 4.69) is 57.6 Å². The molecule has 29 heavy (non-hydrogen) atoms. The molecule has 1 N–H and O–H groups in total. The summed E-state index contributed by atoms with van der Waals surface area (Å²) in [6.07, 6.45) is 0. The number of hydrogen-bond donors (Lipinski definition) is 1. The first-order valence-electron chi connectivity index (χ1n) is 9.86. The number of aryl methyl sites for hydroxylation is 2. The third-order valence-electron chi connectivity index (χ3n) is 5.75. The largest absolute Gasteiger partial charge is 0.333 e. The average molecular weight is 382 g/mol. The standard InChI is InChI=1S/C24H22N4O/c1-15-12-20(22-16(2)26-27-23(22)25-15)24(29)28-13-18-10-6-7-11-19(18)21(14-28)17-8-4-3-5-9-17/h3-12,21H,13-14H2,1-2H3,(H,25,26,27). The van der Waals surface area contributed by atoms with Crippen LogP contribution >= 0.6 is 0 Å². The third-order valence-corrected chi connectivity index (χ3v) is 5.75. The smallest absolute Gasteiger partial charge is 0.255 e. The second-order valence-corrected chi connectivity index (χ2v) is 7.69. The molecule has 0 radical (unpaired) electrons. The van der Waals surface area contributed by atoms with Gasteiger partial charge in [0.2, 0.25) is 0 Å². The molecule has 144 valence electrons. The molecule has 1 amide bonds. The van der Waals surface area contributed by atoms with E-state index in [0.717, 1.165) is 16.8 Å². The summed E-state index contributed by atoms with van der Waals surface area (Å²) in [7, 11) is 0. The van der Waals surface area contributed by atoms with E-state index < -0.39 is 0 Å². The van der Waals surface area contributed by atoms with Crippen LogP contribution in [0.3, 0.4) is 0 Å². The Hall–Kier alpha value is -3.47. The molecule has 2 aromatic heterocycles. The van der Waals surface area contributed by atoms with Crippen LogP contribution in [0.1, 0.15) is 44.4 Å². The minimum atomic E-state index is 0.0282. The molecule has 4 aromatic rings.